The molecule has 0 spiro atoms. The van der Waals surface area contributed by atoms with E-state index in [-0.39, 0.29) is 0 Å². The van der Waals surface area contributed by atoms with E-state index in [1.807, 2.05) is 45.0 Å². The van der Waals surface area contributed by atoms with Crippen molar-refractivity contribution in [3.05, 3.63) is 29.8 Å². The molecule has 0 radical (unpaired) electrons. The number of methoxy groups -OCH3 is 1. The van der Waals surface area contributed by atoms with Crippen molar-refractivity contribution in [2.45, 2.75) is 32.5 Å². The van der Waals surface area contributed by atoms with Crippen molar-refractivity contribution in [2.75, 3.05) is 13.7 Å². The first-order valence-corrected chi connectivity index (χ1v) is 5.47. The smallest absolute Gasteiger partial charge is 0.119 e. The highest BCUT2D eigenvalue weighted by Crippen LogP contribution is 2.29. The molecule has 1 rings (SSSR count). The molecule has 1 N–H and O–H groups in total. The maximum absolute atomic E-state index is 10.2. The molecule has 0 aliphatic rings. The number of hydrogen-bond acceptors (Lipinski definition) is 3. The Hall–Kier alpha value is -1.06. The SMILES string of the molecule is CCOc1cccc(C(O)C(C)(C)OC)c1. The zero-order valence-corrected chi connectivity index (χ0v) is 10.4. The Morgan fingerprint density at radius 1 is 1.38 bits per heavy atom. The predicted molar refractivity (Wildman–Crippen MR) is 63.7 cm³/mol. The second kappa shape index (κ2) is 5.32. The lowest BCUT2D eigenvalue weighted by Crippen LogP contribution is -2.31. The van der Waals surface area contributed by atoms with Gasteiger partial charge in [0.15, 0.2) is 0 Å². The fourth-order valence-electron chi connectivity index (χ4n) is 1.45. The average molecular weight is 224 g/mol. The molecular weight excluding hydrogens is 204 g/mol. The van der Waals surface area contributed by atoms with Gasteiger partial charge in [-0.05, 0) is 38.5 Å². The normalized spacial score (nSPS) is 13.6. The molecule has 3 nitrogen and oxygen atoms in total. The maximum Gasteiger partial charge on any atom is 0.119 e. The van der Waals surface area contributed by atoms with Crippen LogP contribution in [0.25, 0.3) is 0 Å². The maximum atomic E-state index is 10.2. The lowest BCUT2D eigenvalue weighted by Gasteiger charge is -2.29. The molecule has 0 amide bonds. The van der Waals surface area contributed by atoms with Crippen LogP contribution in [0.3, 0.4) is 0 Å². The van der Waals surface area contributed by atoms with Gasteiger partial charge in [0.05, 0.1) is 12.2 Å². The van der Waals surface area contributed by atoms with Gasteiger partial charge in [-0.2, -0.15) is 0 Å². The minimum atomic E-state index is -0.669. The fourth-order valence-corrected chi connectivity index (χ4v) is 1.45. The molecule has 0 aliphatic carbocycles. The Bertz CT molecular complexity index is 334. The van der Waals surface area contributed by atoms with Gasteiger partial charge < -0.3 is 14.6 Å². The highest BCUT2D eigenvalue weighted by Gasteiger charge is 2.28. The van der Waals surface area contributed by atoms with E-state index in [1.165, 1.54) is 0 Å². The predicted octanol–water partition coefficient (Wildman–Crippen LogP) is 2.54. The van der Waals surface area contributed by atoms with Gasteiger partial charge in [0.2, 0.25) is 0 Å². The van der Waals surface area contributed by atoms with Crippen molar-refractivity contribution >= 4 is 0 Å². The van der Waals surface area contributed by atoms with Crippen LogP contribution in [0.5, 0.6) is 5.75 Å². The lowest BCUT2D eigenvalue weighted by atomic mass is 9.94. The van der Waals surface area contributed by atoms with Crippen LogP contribution in [-0.4, -0.2) is 24.4 Å². The molecule has 0 heterocycles. The van der Waals surface area contributed by atoms with Crippen LogP contribution in [0, 0.1) is 0 Å². The summed E-state index contributed by atoms with van der Waals surface area (Å²) in [5.74, 6) is 0.769. The Balaban J connectivity index is 2.91. The first-order valence-electron chi connectivity index (χ1n) is 5.47. The Kier molecular flexibility index (Phi) is 4.33. The molecule has 1 aromatic carbocycles. The molecule has 1 unspecified atom stereocenters. The summed E-state index contributed by atoms with van der Waals surface area (Å²) in [5.41, 5.74) is 0.197. The largest absolute Gasteiger partial charge is 0.494 e. The molecule has 90 valence electrons. The summed E-state index contributed by atoms with van der Waals surface area (Å²) >= 11 is 0. The van der Waals surface area contributed by atoms with Crippen molar-refractivity contribution in [2.24, 2.45) is 0 Å². The molecule has 0 aliphatic heterocycles. The van der Waals surface area contributed by atoms with Crippen LogP contribution in [0.15, 0.2) is 24.3 Å². The topological polar surface area (TPSA) is 38.7 Å². The van der Waals surface area contributed by atoms with Crippen LogP contribution >= 0.6 is 0 Å². The fraction of sp³-hybridized carbons (Fsp3) is 0.538. The highest BCUT2D eigenvalue weighted by molar-refractivity contribution is 5.31. The second-order valence-electron chi connectivity index (χ2n) is 4.22. The van der Waals surface area contributed by atoms with Crippen molar-refractivity contribution in [1.82, 2.24) is 0 Å². The van der Waals surface area contributed by atoms with E-state index in [0.29, 0.717) is 6.61 Å². The molecule has 0 bridgehead atoms. The summed E-state index contributed by atoms with van der Waals surface area (Å²) in [6.07, 6.45) is -0.669. The number of hydrogen-bond donors (Lipinski definition) is 1. The summed E-state index contributed by atoms with van der Waals surface area (Å²) in [5, 5.41) is 10.2. The van der Waals surface area contributed by atoms with Crippen molar-refractivity contribution in [3.63, 3.8) is 0 Å². The first kappa shape index (κ1) is 13.0. The summed E-state index contributed by atoms with van der Waals surface area (Å²) in [6, 6.07) is 7.46. The number of benzene rings is 1. The summed E-state index contributed by atoms with van der Waals surface area (Å²) in [6.45, 7) is 6.26. The Morgan fingerprint density at radius 2 is 2.06 bits per heavy atom. The van der Waals surface area contributed by atoms with E-state index < -0.39 is 11.7 Å². The average Bonchev–Trinajstić information content (AvgIpc) is 2.29. The molecule has 0 fully saturated rings. The quantitative estimate of drug-likeness (QED) is 0.835. The molecule has 16 heavy (non-hydrogen) atoms. The Morgan fingerprint density at radius 3 is 2.62 bits per heavy atom. The zero-order valence-electron chi connectivity index (χ0n) is 10.4. The third-order valence-corrected chi connectivity index (χ3v) is 2.67. The van der Waals surface area contributed by atoms with Gasteiger partial charge in [-0.3, -0.25) is 0 Å². The van der Waals surface area contributed by atoms with Gasteiger partial charge >= 0.3 is 0 Å². The van der Waals surface area contributed by atoms with Gasteiger partial charge in [0, 0.05) is 7.11 Å². The van der Waals surface area contributed by atoms with Gasteiger partial charge in [0.1, 0.15) is 11.9 Å². The second-order valence-corrected chi connectivity index (χ2v) is 4.22. The molecule has 0 saturated carbocycles. The molecule has 0 aromatic heterocycles. The van der Waals surface area contributed by atoms with Crippen LogP contribution < -0.4 is 4.74 Å². The minimum absolute atomic E-state index is 0.606. The Labute approximate surface area is 97.0 Å². The highest BCUT2D eigenvalue weighted by atomic mass is 16.5. The molecular formula is C13H20O3. The number of aliphatic hydroxyl groups excluding tert-OH is 1. The zero-order chi connectivity index (χ0) is 12.2. The minimum Gasteiger partial charge on any atom is -0.494 e. The van der Waals surface area contributed by atoms with E-state index in [9.17, 15) is 5.11 Å². The van der Waals surface area contributed by atoms with Crippen molar-refractivity contribution < 1.29 is 14.6 Å². The monoisotopic (exact) mass is 224 g/mol. The van der Waals surface area contributed by atoms with Crippen LogP contribution in [0.1, 0.15) is 32.4 Å². The first-order chi connectivity index (χ1) is 7.51. The summed E-state index contributed by atoms with van der Waals surface area (Å²) in [4.78, 5) is 0. The van der Waals surface area contributed by atoms with E-state index >= 15 is 0 Å². The van der Waals surface area contributed by atoms with Crippen molar-refractivity contribution in [1.29, 1.82) is 0 Å². The van der Waals surface area contributed by atoms with Gasteiger partial charge in [-0.15, -0.1) is 0 Å². The van der Waals surface area contributed by atoms with Crippen LogP contribution in [0.4, 0.5) is 0 Å². The third kappa shape index (κ3) is 2.97. The van der Waals surface area contributed by atoms with Crippen LogP contribution in [-0.2, 0) is 4.74 Å². The standard InChI is InChI=1S/C13H20O3/c1-5-16-11-8-6-7-10(9-11)12(14)13(2,3)15-4/h6-9,12,14H,5H2,1-4H3. The van der Waals surface area contributed by atoms with Gasteiger partial charge in [0.25, 0.3) is 0 Å². The summed E-state index contributed by atoms with van der Waals surface area (Å²) in [7, 11) is 1.59. The lowest BCUT2D eigenvalue weighted by molar-refractivity contribution is -0.0793. The molecule has 3 heteroatoms. The van der Waals surface area contributed by atoms with E-state index in [0.717, 1.165) is 11.3 Å². The van der Waals surface area contributed by atoms with Crippen molar-refractivity contribution in [3.8, 4) is 5.75 Å². The van der Waals surface area contributed by atoms with Crippen LogP contribution in [0.2, 0.25) is 0 Å². The van der Waals surface area contributed by atoms with E-state index in [2.05, 4.69) is 0 Å². The number of ether oxygens (including phenoxy) is 2. The molecule has 1 aromatic rings. The van der Waals surface area contributed by atoms with E-state index in [1.54, 1.807) is 7.11 Å². The molecule has 1 atom stereocenters. The van der Waals surface area contributed by atoms with Gasteiger partial charge in [-0.1, -0.05) is 12.1 Å². The number of rotatable bonds is 5. The van der Waals surface area contributed by atoms with Gasteiger partial charge in [-0.25, -0.2) is 0 Å². The summed E-state index contributed by atoms with van der Waals surface area (Å²) < 4.78 is 10.7. The number of aliphatic hydroxyl groups is 1. The molecule has 0 saturated heterocycles. The van der Waals surface area contributed by atoms with E-state index in [4.69, 9.17) is 9.47 Å². The third-order valence-electron chi connectivity index (χ3n) is 2.67.